The number of aliphatic hydroxyl groups is 1. The number of hydrogen-bond donors (Lipinski definition) is 2. The van der Waals surface area contributed by atoms with Gasteiger partial charge in [0.05, 0.1) is 11.1 Å². The Bertz CT molecular complexity index is 1310. The molecule has 0 spiro atoms. The van der Waals surface area contributed by atoms with Crippen LogP contribution in [0.3, 0.4) is 0 Å². The molecule has 0 saturated heterocycles. The van der Waals surface area contributed by atoms with Crippen molar-refractivity contribution in [2.75, 3.05) is 37.1 Å². The number of benzene rings is 1. The first-order chi connectivity index (χ1) is 17.4. The first-order valence-corrected chi connectivity index (χ1v) is 11.2. The molecule has 1 aromatic carbocycles. The molecule has 2 heterocycles. The largest absolute Gasteiger partial charge is 0.483 e. The lowest BCUT2D eigenvalue weighted by molar-refractivity contribution is -0.153. The van der Waals surface area contributed by atoms with E-state index in [1.807, 2.05) is 0 Å². The third-order valence-electron chi connectivity index (χ3n) is 5.37. The maximum absolute atomic E-state index is 15.8. The quantitative estimate of drug-likeness (QED) is 0.105. The summed E-state index contributed by atoms with van der Waals surface area (Å²) in [6.45, 7) is 1.60. The summed E-state index contributed by atoms with van der Waals surface area (Å²) < 4.78 is 61.1. The fourth-order valence-electron chi connectivity index (χ4n) is 3.38. The molecular weight excluding hydrogens is 522 g/mol. The number of aliphatic hydroxyl groups excluding tert-OH is 1. The predicted octanol–water partition coefficient (Wildman–Crippen LogP) is 3.97. The summed E-state index contributed by atoms with van der Waals surface area (Å²) in [6.07, 6.45) is -3.09. The third kappa shape index (κ3) is 6.02. The van der Waals surface area contributed by atoms with Crippen molar-refractivity contribution in [3.8, 4) is 5.75 Å². The van der Waals surface area contributed by atoms with Gasteiger partial charge in [0.15, 0.2) is 29.2 Å². The second-order valence-electron chi connectivity index (χ2n) is 7.86. The number of likely N-dealkylation sites (N-methyl/N-ethyl adjacent to an activating group) is 1. The molecule has 0 bridgehead atoms. The van der Waals surface area contributed by atoms with Gasteiger partial charge in [-0.2, -0.15) is 23.3 Å². The molecule has 37 heavy (non-hydrogen) atoms. The Labute approximate surface area is 214 Å². The lowest BCUT2D eigenvalue weighted by atomic mass is 10.1. The van der Waals surface area contributed by atoms with Gasteiger partial charge in [-0.1, -0.05) is 11.6 Å². The van der Waals surface area contributed by atoms with Crippen molar-refractivity contribution < 1.29 is 32.2 Å². The number of amidine groups is 1. The van der Waals surface area contributed by atoms with Crippen molar-refractivity contribution in [3.05, 3.63) is 34.9 Å². The fourth-order valence-corrected chi connectivity index (χ4v) is 3.63. The Kier molecular flexibility index (Phi) is 8.43. The number of pyridine rings is 1. The Morgan fingerprint density at radius 1 is 1.41 bits per heavy atom. The second kappa shape index (κ2) is 11.2. The minimum Gasteiger partial charge on any atom is -0.483 e. The SMILES string of the molecule is CCN(C)/C(CO)=N\N(C=O)c1cc(OCC(F)(F)F)c2c(Nc3c(C)ccnc3Cl)nn(C)c2c1F. The minimum atomic E-state index is -4.71. The second-order valence-corrected chi connectivity index (χ2v) is 8.22. The molecule has 0 aliphatic rings. The molecule has 0 radical (unpaired) electrons. The van der Waals surface area contributed by atoms with E-state index in [0.29, 0.717) is 22.8 Å². The number of amides is 1. The molecule has 0 aliphatic carbocycles. The molecule has 10 nitrogen and oxygen atoms in total. The lowest BCUT2D eigenvalue weighted by Gasteiger charge is -2.21. The molecule has 2 N–H and O–H groups in total. The van der Waals surface area contributed by atoms with Crippen LogP contribution >= 0.6 is 11.6 Å². The van der Waals surface area contributed by atoms with E-state index >= 15 is 4.39 Å². The van der Waals surface area contributed by atoms with Gasteiger partial charge in [-0.05, 0) is 25.5 Å². The number of nitrogens with zero attached hydrogens (tertiary/aromatic N) is 6. The predicted molar refractivity (Wildman–Crippen MR) is 131 cm³/mol. The van der Waals surface area contributed by atoms with E-state index in [1.165, 1.54) is 18.1 Å². The van der Waals surface area contributed by atoms with E-state index < -0.39 is 36.6 Å². The van der Waals surface area contributed by atoms with Gasteiger partial charge in [-0.15, -0.1) is 5.10 Å². The molecule has 0 fully saturated rings. The number of nitrogens with one attached hydrogen (secondary N) is 1. The van der Waals surface area contributed by atoms with Crippen LogP contribution in [-0.2, 0) is 11.8 Å². The van der Waals surface area contributed by atoms with Crippen LogP contribution in [0.1, 0.15) is 12.5 Å². The number of aryl methyl sites for hydroxylation is 2. The molecule has 0 aliphatic heterocycles. The first kappa shape index (κ1) is 27.9. The van der Waals surface area contributed by atoms with Gasteiger partial charge < -0.3 is 20.1 Å². The smallest absolute Gasteiger partial charge is 0.422 e. The molecule has 3 rings (SSSR count). The highest BCUT2D eigenvalue weighted by molar-refractivity contribution is 6.32. The summed E-state index contributed by atoms with van der Waals surface area (Å²) in [4.78, 5) is 17.3. The number of ether oxygens (including phenoxy) is 1. The van der Waals surface area contributed by atoms with Gasteiger partial charge in [0.25, 0.3) is 0 Å². The van der Waals surface area contributed by atoms with Gasteiger partial charge in [-0.3, -0.25) is 9.48 Å². The highest BCUT2D eigenvalue weighted by Gasteiger charge is 2.31. The van der Waals surface area contributed by atoms with Gasteiger partial charge in [-0.25, -0.2) is 9.37 Å². The lowest BCUT2D eigenvalue weighted by Crippen LogP contribution is -2.32. The van der Waals surface area contributed by atoms with E-state index in [1.54, 1.807) is 27.0 Å². The zero-order chi connectivity index (χ0) is 27.5. The molecule has 2 aromatic heterocycles. The van der Waals surface area contributed by atoms with Gasteiger partial charge in [0.1, 0.15) is 23.6 Å². The van der Waals surface area contributed by atoms with E-state index in [9.17, 15) is 23.1 Å². The molecule has 200 valence electrons. The number of halogens is 5. The van der Waals surface area contributed by atoms with Crippen LogP contribution in [0.5, 0.6) is 5.75 Å². The van der Waals surface area contributed by atoms with Crippen LogP contribution in [-0.4, -0.2) is 70.0 Å². The number of fused-ring (bicyclic) bond motifs is 1. The van der Waals surface area contributed by atoms with E-state index in [-0.39, 0.29) is 34.1 Å². The number of hydrogen-bond acceptors (Lipinski definition) is 7. The number of aromatic nitrogens is 3. The first-order valence-electron chi connectivity index (χ1n) is 10.8. The molecule has 15 heteroatoms. The maximum atomic E-state index is 15.8. The average Bonchev–Trinajstić information content (AvgIpc) is 3.17. The summed E-state index contributed by atoms with van der Waals surface area (Å²) in [5.41, 5.74) is 0.169. The van der Waals surface area contributed by atoms with Crippen LogP contribution < -0.4 is 15.1 Å². The highest BCUT2D eigenvalue weighted by atomic mass is 35.5. The minimum absolute atomic E-state index is 0.0147. The Hall–Kier alpha value is -3.65. The van der Waals surface area contributed by atoms with Crippen molar-refractivity contribution in [1.82, 2.24) is 19.7 Å². The topological polar surface area (TPSA) is 108 Å². The molecule has 0 atom stereocenters. The number of carbonyl (C=O) groups is 1. The zero-order valence-electron chi connectivity index (χ0n) is 20.3. The Morgan fingerprint density at radius 2 is 2.11 bits per heavy atom. The van der Waals surface area contributed by atoms with Crippen molar-refractivity contribution in [2.24, 2.45) is 12.1 Å². The van der Waals surface area contributed by atoms with E-state index in [0.717, 1.165) is 10.7 Å². The van der Waals surface area contributed by atoms with Crippen LogP contribution in [0, 0.1) is 12.7 Å². The Morgan fingerprint density at radius 3 is 2.68 bits per heavy atom. The van der Waals surface area contributed by atoms with Crippen molar-refractivity contribution in [1.29, 1.82) is 0 Å². The number of rotatable bonds is 9. The summed E-state index contributed by atoms with van der Waals surface area (Å²) in [6, 6.07) is 2.55. The van der Waals surface area contributed by atoms with Crippen LogP contribution in [0.15, 0.2) is 23.4 Å². The molecule has 1 amide bonds. The van der Waals surface area contributed by atoms with Crippen molar-refractivity contribution in [2.45, 2.75) is 20.0 Å². The number of hydrazone groups is 1. The normalized spacial score (nSPS) is 12.1. The number of carbonyl (C=O) groups excluding carboxylic acids is 1. The third-order valence-corrected chi connectivity index (χ3v) is 5.65. The number of anilines is 3. The zero-order valence-corrected chi connectivity index (χ0v) is 21.0. The average molecular weight is 546 g/mol. The van der Waals surface area contributed by atoms with Crippen LogP contribution in [0.4, 0.5) is 34.8 Å². The monoisotopic (exact) mass is 545 g/mol. The maximum Gasteiger partial charge on any atom is 0.422 e. The summed E-state index contributed by atoms with van der Waals surface area (Å²) in [7, 11) is 2.95. The molecule has 0 unspecified atom stereocenters. The van der Waals surface area contributed by atoms with Gasteiger partial charge in [0, 0.05) is 32.9 Å². The van der Waals surface area contributed by atoms with Crippen LogP contribution in [0.2, 0.25) is 5.15 Å². The fraction of sp³-hybridized carbons (Fsp3) is 0.364. The van der Waals surface area contributed by atoms with E-state index in [2.05, 4.69) is 20.5 Å². The standard InChI is InChI=1S/C22H24ClF4N7O3/c1-5-32(3)15(9-35)30-34(11-36)13-8-14(37-10-22(25,26)27)16-19(17(13)24)33(4)31-21(16)29-18-12(2)6-7-28-20(18)23/h6-8,11,35H,5,9-10H2,1-4H3,(H,29,31)/b30-15-. The molecule has 3 aromatic rings. The van der Waals surface area contributed by atoms with Crippen molar-refractivity contribution in [3.63, 3.8) is 0 Å². The highest BCUT2D eigenvalue weighted by Crippen LogP contribution is 2.41. The van der Waals surface area contributed by atoms with Crippen molar-refractivity contribution >= 4 is 51.9 Å². The summed E-state index contributed by atoms with van der Waals surface area (Å²) >= 11 is 6.17. The van der Waals surface area contributed by atoms with Crippen LogP contribution in [0.25, 0.3) is 10.9 Å². The van der Waals surface area contributed by atoms with E-state index in [4.69, 9.17) is 16.3 Å². The molecule has 0 saturated carbocycles. The Balaban J connectivity index is 2.26. The number of alkyl halides is 3. The van der Waals surface area contributed by atoms with Gasteiger partial charge >= 0.3 is 6.18 Å². The summed E-state index contributed by atoms with van der Waals surface area (Å²) in [5, 5.41) is 21.2. The van der Waals surface area contributed by atoms with Gasteiger partial charge in [0.2, 0.25) is 6.41 Å². The summed E-state index contributed by atoms with van der Waals surface area (Å²) in [5.74, 6) is -1.48. The molecular formula is C22H24ClF4N7O3.